The predicted octanol–water partition coefficient (Wildman–Crippen LogP) is -3.81. The monoisotopic (exact) mass is 299 g/mol. The fourth-order valence-electron chi connectivity index (χ4n) is 1.55. The number of halogens is 2. The molecule has 0 heterocycles. The molecular formula is C10H17Cl2OSiTi. The van der Waals surface area contributed by atoms with E-state index >= 15 is 0 Å². The van der Waals surface area contributed by atoms with Crippen LogP contribution >= 0.6 is 0 Å². The summed E-state index contributed by atoms with van der Waals surface area (Å²) in [5.74, 6) is 0. The largest absolute Gasteiger partial charge is 1.00 e. The van der Waals surface area contributed by atoms with E-state index in [-0.39, 0.29) is 24.8 Å². The Hall–Kier alpha value is 0.951. The van der Waals surface area contributed by atoms with Crippen molar-refractivity contribution in [3.63, 3.8) is 0 Å². The third kappa shape index (κ3) is 5.71. The normalized spacial score (nSPS) is 16.4. The Morgan fingerprint density at radius 2 is 2.07 bits per heavy atom. The van der Waals surface area contributed by atoms with Gasteiger partial charge in [-0.2, -0.15) is 0 Å². The van der Waals surface area contributed by atoms with Gasteiger partial charge in [0, 0.05) is 0 Å². The molecule has 0 fully saturated rings. The van der Waals surface area contributed by atoms with Gasteiger partial charge in [-0.15, -0.1) is 0 Å². The van der Waals surface area contributed by atoms with Crippen molar-refractivity contribution < 1.29 is 50.0 Å². The van der Waals surface area contributed by atoms with Crippen molar-refractivity contribution in [1.82, 2.24) is 0 Å². The van der Waals surface area contributed by atoms with Gasteiger partial charge in [0.2, 0.25) is 0 Å². The van der Waals surface area contributed by atoms with Gasteiger partial charge in [0.15, 0.2) is 0 Å². The Balaban J connectivity index is 0. The molecule has 1 nitrogen and oxygen atoms in total. The van der Waals surface area contributed by atoms with E-state index in [1.807, 2.05) is 7.11 Å². The molecule has 0 radical (unpaired) electrons. The molecule has 1 rings (SSSR count). The molecule has 0 bridgehead atoms. The van der Waals surface area contributed by atoms with Crippen molar-refractivity contribution in [3.8, 4) is 0 Å². The second-order valence-corrected chi connectivity index (χ2v) is 8.01. The quantitative estimate of drug-likeness (QED) is 0.484. The third-order valence-electron chi connectivity index (χ3n) is 2.50. The zero-order valence-electron chi connectivity index (χ0n) is 9.39. The molecule has 0 spiro atoms. The fraction of sp³-hybridized carbons (Fsp3) is 0.600. The number of allylic oxidation sites excluding steroid dienone is 3. The van der Waals surface area contributed by atoms with Crippen LogP contribution in [0.3, 0.4) is 0 Å². The SMILES string of the molecule is COC(CC1=[C]([Ti+2])CC=C1)[SiH](C)C.[Cl-].[Cl-]. The molecule has 0 aliphatic heterocycles. The summed E-state index contributed by atoms with van der Waals surface area (Å²) >= 11 is 2.23. The van der Waals surface area contributed by atoms with Gasteiger partial charge in [-0.1, -0.05) is 0 Å². The van der Waals surface area contributed by atoms with Crippen molar-refractivity contribution in [3.05, 3.63) is 21.6 Å². The van der Waals surface area contributed by atoms with Crippen molar-refractivity contribution in [2.75, 3.05) is 7.11 Å². The Labute approximate surface area is 119 Å². The first-order chi connectivity index (χ1) is 6.15. The molecule has 0 aromatic heterocycles. The first-order valence-electron chi connectivity index (χ1n) is 4.78. The van der Waals surface area contributed by atoms with E-state index in [1.54, 1.807) is 0 Å². The average Bonchev–Trinajstić information content (AvgIpc) is 2.46. The second-order valence-electron chi connectivity index (χ2n) is 3.83. The summed E-state index contributed by atoms with van der Waals surface area (Å²) in [4.78, 5) is 0. The van der Waals surface area contributed by atoms with E-state index in [0.29, 0.717) is 5.73 Å². The summed E-state index contributed by atoms with van der Waals surface area (Å²) in [5.41, 5.74) is 2.01. The summed E-state index contributed by atoms with van der Waals surface area (Å²) in [7, 11) is 1.18. The molecule has 1 unspecified atom stereocenters. The van der Waals surface area contributed by atoms with Crippen LogP contribution in [0, 0.1) is 0 Å². The van der Waals surface area contributed by atoms with E-state index in [2.05, 4.69) is 45.7 Å². The fourth-order valence-corrected chi connectivity index (χ4v) is 3.29. The van der Waals surface area contributed by atoms with Crippen LogP contribution in [0.1, 0.15) is 12.8 Å². The summed E-state index contributed by atoms with van der Waals surface area (Å²) in [6, 6.07) is 0. The van der Waals surface area contributed by atoms with Crippen molar-refractivity contribution in [1.29, 1.82) is 0 Å². The molecule has 0 aromatic rings. The molecule has 15 heavy (non-hydrogen) atoms. The van der Waals surface area contributed by atoms with Crippen molar-refractivity contribution in [2.24, 2.45) is 0 Å². The maximum absolute atomic E-state index is 5.52. The Morgan fingerprint density at radius 3 is 2.40 bits per heavy atom. The summed E-state index contributed by atoms with van der Waals surface area (Å²) in [5, 5.41) is 0. The van der Waals surface area contributed by atoms with Crippen LogP contribution in [0.25, 0.3) is 0 Å². The first-order valence-corrected chi connectivity index (χ1v) is 8.53. The smallest absolute Gasteiger partial charge is 1.00 e. The second kappa shape index (κ2) is 9.03. The van der Waals surface area contributed by atoms with Crippen LogP contribution in [-0.2, 0) is 25.2 Å². The van der Waals surface area contributed by atoms with Crippen LogP contribution in [-0.4, -0.2) is 21.6 Å². The zero-order valence-corrected chi connectivity index (χ0v) is 13.6. The van der Waals surface area contributed by atoms with E-state index in [9.17, 15) is 0 Å². The third-order valence-corrected chi connectivity index (χ3v) is 5.31. The molecular weight excluding hydrogens is 283 g/mol. The standard InChI is InChI=1S/C10H17OSi.2ClH.Ti/c1-11-10(12(2)3)8-9-6-4-5-7-9;;;/h4,6,10,12H,5,8H2,1-3H3;2*1H;/q;;;+2/p-2. The van der Waals surface area contributed by atoms with Gasteiger partial charge >= 0.3 is 94.3 Å². The molecule has 0 saturated carbocycles. The topological polar surface area (TPSA) is 9.23 Å². The van der Waals surface area contributed by atoms with Crippen LogP contribution in [0.5, 0.6) is 0 Å². The molecule has 1 atom stereocenters. The first kappa shape index (κ1) is 18.3. The van der Waals surface area contributed by atoms with Crippen molar-refractivity contribution >= 4 is 8.80 Å². The minimum absolute atomic E-state index is 0. The van der Waals surface area contributed by atoms with Gasteiger partial charge in [0.05, 0.1) is 0 Å². The van der Waals surface area contributed by atoms with Gasteiger partial charge < -0.3 is 24.8 Å². The van der Waals surface area contributed by atoms with Gasteiger partial charge in [-0.3, -0.25) is 0 Å². The van der Waals surface area contributed by atoms with E-state index in [0.717, 1.165) is 12.8 Å². The minimum atomic E-state index is -0.659. The number of hydrogen-bond acceptors (Lipinski definition) is 1. The predicted molar refractivity (Wildman–Crippen MR) is 55.1 cm³/mol. The van der Waals surface area contributed by atoms with Gasteiger partial charge in [0.25, 0.3) is 0 Å². The Morgan fingerprint density at radius 1 is 1.47 bits per heavy atom. The Kier molecular flexibility index (Phi) is 11.0. The molecule has 0 saturated heterocycles. The number of methoxy groups -OCH3 is 1. The Bertz CT molecular complexity index is 242. The molecule has 1 aliphatic rings. The maximum atomic E-state index is 5.52. The van der Waals surface area contributed by atoms with Gasteiger partial charge in [0.1, 0.15) is 0 Å². The van der Waals surface area contributed by atoms with Crippen LogP contribution in [0.4, 0.5) is 0 Å². The van der Waals surface area contributed by atoms with E-state index in [4.69, 9.17) is 4.74 Å². The summed E-state index contributed by atoms with van der Waals surface area (Å²) < 4.78 is 7.04. The van der Waals surface area contributed by atoms with Crippen LogP contribution in [0.2, 0.25) is 13.1 Å². The zero-order chi connectivity index (χ0) is 9.84. The van der Waals surface area contributed by atoms with Gasteiger partial charge in [-0.25, -0.2) is 0 Å². The van der Waals surface area contributed by atoms with Crippen molar-refractivity contribution in [2.45, 2.75) is 31.7 Å². The summed E-state index contributed by atoms with van der Waals surface area (Å²) in [6.45, 7) is 4.70. The average molecular weight is 300 g/mol. The molecule has 0 N–H and O–H groups in total. The molecule has 85 valence electrons. The number of hydrogen-bond donors (Lipinski definition) is 0. The molecule has 5 heteroatoms. The molecule has 0 aromatic carbocycles. The van der Waals surface area contributed by atoms with Crippen LogP contribution < -0.4 is 24.8 Å². The van der Waals surface area contributed by atoms with E-state index < -0.39 is 8.80 Å². The minimum Gasteiger partial charge on any atom is -1.00 e. The van der Waals surface area contributed by atoms with Gasteiger partial charge in [-0.05, 0) is 0 Å². The number of ether oxygens (including phenoxy) is 1. The molecule has 0 amide bonds. The summed E-state index contributed by atoms with van der Waals surface area (Å²) in [6.07, 6.45) is 6.78. The van der Waals surface area contributed by atoms with E-state index in [1.165, 1.54) is 9.45 Å². The van der Waals surface area contributed by atoms with Crippen LogP contribution in [0.15, 0.2) is 21.6 Å². The molecule has 1 aliphatic carbocycles. The maximum Gasteiger partial charge on any atom is -1.00 e. The number of rotatable bonds is 4.